The van der Waals surface area contributed by atoms with Crippen LogP contribution in [0.3, 0.4) is 0 Å². The van der Waals surface area contributed by atoms with E-state index in [2.05, 4.69) is 5.32 Å². The summed E-state index contributed by atoms with van der Waals surface area (Å²) in [6.07, 6.45) is -0.466. The van der Waals surface area contributed by atoms with Crippen molar-refractivity contribution in [3.05, 3.63) is 10.6 Å². The van der Waals surface area contributed by atoms with Crippen molar-refractivity contribution in [2.75, 3.05) is 0 Å². The summed E-state index contributed by atoms with van der Waals surface area (Å²) in [5, 5.41) is 22.1. The third kappa shape index (κ3) is 2.35. The number of fused-ring (bicyclic) bond motifs is 1. The smallest absolute Gasteiger partial charge is 0.353 e. The van der Waals surface area contributed by atoms with Crippen LogP contribution in [0.4, 0.5) is 0 Å². The van der Waals surface area contributed by atoms with Gasteiger partial charge in [-0.25, -0.2) is 4.79 Å². The highest BCUT2D eigenvalue weighted by molar-refractivity contribution is 8.03. The Bertz CT molecular complexity index is 617. The summed E-state index contributed by atoms with van der Waals surface area (Å²) in [4.78, 5) is 37.4. The number of thioether (sulfide) groups is 1. The topological polar surface area (TPSA) is 107 Å². The molecule has 0 aromatic carbocycles. The van der Waals surface area contributed by atoms with Crippen molar-refractivity contribution in [2.24, 2.45) is 11.8 Å². The molecule has 3 rings (SSSR count). The van der Waals surface area contributed by atoms with Crippen LogP contribution >= 0.6 is 11.8 Å². The van der Waals surface area contributed by atoms with Gasteiger partial charge in [0.25, 0.3) is 0 Å². The average molecular weight is 340 g/mol. The van der Waals surface area contributed by atoms with Gasteiger partial charge in [0.1, 0.15) is 5.70 Å². The zero-order chi connectivity index (χ0) is 17.0. The standard InChI is InChI=1S/C15H20N2O5S/c1-5-11-10(7(3)18)14(20)17(11)12(15(21)22)13(5)23-8-4-9(19)16-6(8)2/h5-8,10-11,18H,4H2,1-3H3,(H,16,19)(H,21,22)/t5-,6+,7-,8-,10-,11-/m1/s1. The number of aliphatic hydroxyl groups excluding tert-OH is 1. The molecule has 3 heterocycles. The molecule has 0 aromatic rings. The number of carboxylic acid groups (broad SMARTS) is 1. The molecule has 0 aromatic heterocycles. The zero-order valence-corrected chi connectivity index (χ0v) is 14.0. The molecule has 0 unspecified atom stereocenters. The molecule has 2 amide bonds. The molecule has 0 aliphatic carbocycles. The summed E-state index contributed by atoms with van der Waals surface area (Å²) in [6.45, 7) is 5.33. The van der Waals surface area contributed by atoms with Crippen molar-refractivity contribution in [3.8, 4) is 0 Å². The van der Waals surface area contributed by atoms with Crippen LogP contribution in [0.1, 0.15) is 27.2 Å². The number of hydrogen-bond acceptors (Lipinski definition) is 5. The van der Waals surface area contributed by atoms with Crippen LogP contribution < -0.4 is 5.32 Å². The first-order valence-corrected chi connectivity index (χ1v) is 8.56. The van der Waals surface area contributed by atoms with Gasteiger partial charge in [0.15, 0.2) is 0 Å². The lowest BCUT2D eigenvalue weighted by atomic mass is 9.79. The highest BCUT2D eigenvalue weighted by atomic mass is 32.2. The summed E-state index contributed by atoms with van der Waals surface area (Å²) in [7, 11) is 0. The Kier molecular flexibility index (Phi) is 3.92. The highest BCUT2D eigenvalue weighted by Crippen LogP contribution is 2.52. The van der Waals surface area contributed by atoms with E-state index in [-0.39, 0.29) is 40.8 Å². The minimum atomic E-state index is -1.14. The van der Waals surface area contributed by atoms with Gasteiger partial charge in [0, 0.05) is 28.5 Å². The number of carbonyl (C=O) groups is 3. The van der Waals surface area contributed by atoms with E-state index in [1.165, 1.54) is 16.7 Å². The SMILES string of the molecule is C[C@@H]1NC(=O)C[C@H]1SC1=C(C(=O)O)N2C(=O)[C@H]([C@@H](C)O)[C@H]2[C@H]1C. The van der Waals surface area contributed by atoms with E-state index in [1.807, 2.05) is 13.8 Å². The number of carboxylic acids is 1. The molecule has 3 aliphatic heterocycles. The van der Waals surface area contributed by atoms with E-state index in [4.69, 9.17) is 0 Å². The van der Waals surface area contributed by atoms with Gasteiger partial charge in [0.2, 0.25) is 11.8 Å². The van der Waals surface area contributed by atoms with Crippen molar-refractivity contribution >= 4 is 29.5 Å². The van der Waals surface area contributed by atoms with Crippen LogP contribution in [0, 0.1) is 11.8 Å². The Morgan fingerprint density at radius 2 is 2.04 bits per heavy atom. The van der Waals surface area contributed by atoms with Crippen molar-refractivity contribution in [1.82, 2.24) is 10.2 Å². The van der Waals surface area contributed by atoms with E-state index >= 15 is 0 Å². The largest absolute Gasteiger partial charge is 0.477 e. The average Bonchev–Trinajstić information content (AvgIpc) is 2.87. The Balaban J connectivity index is 1.90. The number of β-lactam (4-membered cyclic amide) rings is 1. The summed E-state index contributed by atoms with van der Waals surface area (Å²) in [6, 6.07) is -0.352. The van der Waals surface area contributed by atoms with Gasteiger partial charge in [-0.3, -0.25) is 9.59 Å². The summed E-state index contributed by atoms with van der Waals surface area (Å²) in [5.74, 6) is -2.23. The van der Waals surface area contributed by atoms with Crippen molar-refractivity contribution in [3.63, 3.8) is 0 Å². The molecule has 3 aliphatic rings. The molecule has 0 radical (unpaired) electrons. The fraction of sp³-hybridized carbons (Fsp3) is 0.667. The van der Waals surface area contributed by atoms with Gasteiger partial charge in [0.05, 0.1) is 18.1 Å². The number of hydrogen-bond donors (Lipinski definition) is 3. The van der Waals surface area contributed by atoms with Crippen LogP contribution in [-0.4, -0.2) is 56.3 Å². The van der Waals surface area contributed by atoms with E-state index in [0.29, 0.717) is 11.3 Å². The second-order valence-corrected chi connectivity index (χ2v) is 7.77. The lowest BCUT2D eigenvalue weighted by molar-refractivity contribution is -0.163. The molecule has 7 nitrogen and oxygen atoms in total. The van der Waals surface area contributed by atoms with Crippen molar-refractivity contribution < 1.29 is 24.6 Å². The first-order valence-electron chi connectivity index (χ1n) is 7.68. The van der Waals surface area contributed by atoms with Gasteiger partial charge in [-0.1, -0.05) is 6.92 Å². The monoisotopic (exact) mass is 340 g/mol. The number of aliphatic hydroxyl groups is 1. The van der Waals surface area contributed by atoms with Crippen LogP contribution in [0.2, 0.25) is 0 Å². The fourth-order valence-corrected chi connectivity index (χ4v) is 5.24. The first-order chi connectivity index (χ1) is 10.7. The molecular weight excluding hydrogens is 320 g/mol. The second kappa shape index (κ2) is 5.52. The van der Waals surface area contributed by atoms with Gasteiger partial charge < -0.3 is 20.4 Å². The lowest BCUT2D eigenvalue weighted by Crippen LogP contribution is -2.63. The van der Waals surface area contributed by atoms with Crippen LogP contribution in [-0.2, 0) is 14.4 Å². The van der Waals surface area contributed by atoms with E-state index < -0.39 is 18.0 Å². The third-order valence-corrected chi connectivity index (χ3v) is 6.62. The first kappa shape index (κ1) is 16.3. The normalized spacial score (nSPS) is 37.6. The molecule has 6 atom stereocenters. The Hall–Kier alpha value is -1.54. The molecule has 2 fully saturated rings. The summed E-state index contributed by atoms with van der Waals surface area (Å²) >= 11 is 1.37. The minimum absolute atomic E-state index is 0.0148. The maximum Gasteiger partial charge on any atom is 0.353 e. The Labute approximate surface area is 138 Å². The van der Waals surface area contributed by atoms with Gasteiger partial charge in [-0.05, 0) is 13.8 Å². The predicted octanol–water partition coefficient (Wildman–Crippen LogP) is 0.150. The summed E-state index contributed by atoms with van der Waals surface area (Å²) in [5.41, 5.74) is 0.0148. The van der Waals surface area contributed by atoms with Gasteiger partial charge in [-0.15, -0.1) is 11.8 Å². The predicted molar refractivity (Wildman–Crippen MR) is 83.2 cm³/mol. The highest BCUT2D eigenvalue weighted by Gasteiger charge is 2.60. The lowest BCUT2D eigenvalue weighted by Gasteiger charge is -2.46. The van der Waals surface area contributed by atoms with Crippen molar-refractivity contribution in [1.29, 1.82) is 0 Å². The van der Waals surface area contributed by atoms with E-state index in [1.54, 1.807) is 6.92 Å². The molecule has 3 N–H and O–H groups in total. The number of nitrogens with zero attached hydrogens (tertiary/aromatic N) is 1. The number of amides is 2. The maximum absolute atomic E-state index is 12.2. The molecule has 126 valence electrons. The second-order valence-electron chi connectivity index (χ2n) is 6.49. The fourth-order valence-electron chi connectivity index (χ4n) is 3.75. The zero-order valence-electron chi connectivity index (χ0n) is 13.1. The molecular formula is C15H20N2O5S. The van der Waals surface area contributed by atoms with E-state index in [9.17, 15) is 24.6 Å². The van der Waals surface area contributed by atoms with Crippen molar-refractivity contribution in [2.45, 2.75) is 50.6 Å². The molecule has 8 heteroatoms. The molecule has 0 bridgehead atoms. The number of aliphatic carboxylic acids is 1. The number of carbonyl (C=O) groups excluding carboxylic acids is 2. The van der Waals surface area contributed by atoms with Crippen LogP contribution in [0.25, 0.3) is 0 Å². The van der Waals surface area contributed by atoms with Gasteiger partial charge in [-0.2, -0.15) is 0 Å². The maximum atomic E-state index is 12.2. The molecule has 0 spiro atoms. The number of rotatable bonds is 4. The van der Waals surface area contributed by atoms with Crippen LogP contribution in [0.5, 0.6) is 0 Å². The minimum Gasteiger partial charge on any atom is -0.477 e. The molecule has 0 saturated carbocycles. The van der Waals surface area contributed by atoms with Gasteiger partial charge >= 0.3 is 5.97 Å². The Morgan fingerprint density at radius 3 is 2.52 bits per heavy atom. The third-order valence-electron chi connectivity index (χ3n) is 4.92. The summed E-state index contributed by atoms with van der Waals surface area (Å²) < 4.78 is 0. The van der Waals surface area contributed by atoms with E-state index in [0.717, 1.165) is 0 Å². The van der Waals surface area contributed by atoms with Crippen LogP contribution in [0.15, 0.2) is 10.6 Å². The Morgan fingerprint density at radius 1 is 1.39 bits per heavy atom. The molecule has 23 heavy (non-hydrogen) atoms. The quantitative estimate of drug-likeness (QED) is 0.629. The number of nitrogens with one attached hydrogen (secondary N) is 1. The molecule has 2 saturated heterocycles.